The van der Waals surface area contributed by atoms with Gasteiger partial charge in [0.15, 0.2) is 5.82 Å². The first-order valence-corrected chi connectivity index (χ1v) is 6.89. The molecule has 1 aliphatic rings. The Labute approximate surface area is 123 Å². The van der Waals surface area contributed by atoms with Crippen LogP contribution in [0.3, 0.4) is 0 Å². The van der Waals surface area contributed by atoms with Crippen LogP contribution in [-0.2, 0) is 7.05 Å². The average molecular weight is 286 g/mol. The summed E-state index contributed by atoms with van der Waals surface area (Å²) in [6, 6.07) is 5.40. The highest BCUT2D eigenvalue weighted by Gasteiger charge is 2.25. The molecule has 3 rings (SSSR count). The number of rotatable bonds is 2. The number of anilines is 2. The molecule has 3 heterocycles. The van der Waals surface area contributed by atoms with Crippen LogP contribution >= 0.6 is 0 Å². The maximum atomic E-state index is 12.4. The molecule has 2 aromatic rings. The quantitative estimate of drug-likeness (QED) is 0.862. The average Bonchev–Trinajstić information content (AvgIpc) is 2.93. The highest BCUT2D eigenvalue weighted by Crippen LogP contribution is 2.20. The second kappa shape index (κ2) is 5.43. The SMILES string of the molecule is Cn1nccc1C(=O)N1CCN(c2ncccc2N)CC1. The number of nitrogen functional groups attached to an aromatic ring is 1. The van der Waals surface area contributed by atoms with E-state index >= 15 is 0 Å². The Hall–Kier alpha value is -2.57. The lowest BCUT2D eigenvalue weighted by Crippen LogP contribution is -2.49. The summed E-state index contributed by atoms with van der Waals surface area (Å²) in [4.78, 5) is 20.7. The molecule has 0 spiro atoms. The summed E-state index contributed by atoms with van der Waals surface area (Å²) in [5, 5.41) is 4.04. The fraction of sp³-hybridized carbons (Fsp3) is 0.357. The molecule has 0 radical (unpaired) electrons. The Kier molecular flexibility index (Phi) is 3.47. The molecule has 7 heteroatoms. The highest BCUT2D eigenvalue weighted by molar-refractivity contribution is 5.92. The van der Waals surface area contributed by atoms with Crippen LogP contribution in [0.5, 0.6) is 0 Å². The summed E-state index contributed by atoms with van der Waals surface area (Å²) in [5.74, 6) is 0.814. The summed E-state index contributed by atoms with van der Waals surface area (Å²) in [5.41, 5.74) is 7.23. The first-order valence-electron chi connectivity index (χ1n) is 6.89. The van der Waals surface area contributed by atoms with Crippen LogP contribution in [0.4, 0.5) is 11.5 Å². The molecule has 1 amide bonds. The van der Waals surface area contributed by atoms with E-state index in [1.54, 1.807) is 30.2 Å². The van der Waals surface area contributed by atoms with Gasteiger partial charge in [-0.1, -0.05) is 0 Å². The number of aryl methyl sites for hydroxylation is 1. The van der Waals surface area contributed by atoms with Gasteiger partial charge in [0.05, 0.1) is 5.69 Å². The number of nitrogens with zero attached hydrogens (tertiary/aromatic N) is 5. The normalized spacial score (nSPS) is 15.3. The Morgan fingerprint density at radius 3 is 2.57 bits per heavy atom. The van der Waals surface area contributed by atoms with E-state index in [1.807, 2.05) is 17.0 Å². The van der Waals surface area contributed by atoms with E-state index in [0.717, 1.165) is 18.9 Å². The maximum Gasteiger partial charge on any atom is 0.272 e. The van der Waals surface area contributed by atoms with Crippen molar-refractivity contribution in [2.24, 2.45) is 7.05 Å². The van der Waals surface area contributed by atoms with Crippen LogP contribution in [0.1, 0.15) is 10.5 Å². The molecule has 0 unspecified atom stereocenters. The fourth-order valence-electron chi connectivity index (χ4n) is 2.54. The lowest BCUT2D eigenvalue weighted by atomic mass is 10.2. The number of carbonyl (C=O) groups excluding carboxylic acids is 1. The van der Waals surface area contributed by atoms with Gasteiger partial charge in [0.25, 0.3) is 5.91 Å². The Morgan fingerprint density at radius 2 is 1.95 bits per heavy atom. The van der Waals surface area contributed by atoms with Gasteiger partial charge in [-0.15, -0.1) is 0 Å². The Bertz CT molecular complexity index is 644. The zero-order chi connectivity index (χ0) is 14.8. The van der Waals surface area contributed by atoms with Gasteiger partial charge in [0.2, 0.25) is 0 Å². The molecule has 0 aliphatic carbocycles. The summed E-state index contributed by atoms with van der Waals surface area (Å²) in [6.45, 7) is 2.76. The van der Waals surface area contributed by atoms with Gasteiger partial charge in [-0.25, -0.2) is 4.98 Å². The van der Waals surface area contributed by atoms with Gasteiger partial charge in [-0.3, -0.25) is 9.48 Å². The number of carbonyl (C=O) groups is 1. The summed E-state index contributed by atoms with van der Waals surface area (Å²) < 4.78 is 1.60. The number of hydrogen-bond donors (Lipinski definition) is 1. The molecule has 0 aromatic carbocycles. The van der Waals surface area contributed by atoms with Crippen molar-refractivity contribution >= 4 is 17.4 Å². The topological polar surface area (TPSA) is 80.3 Å². The minimum absolute atomic E-state index is 0.0173. The lowest BCUT2D eigenvalue weighted by molar-refractivity contribution is 0.0735. The second-order valence-corrected chi connectivity index (χ2v) is 5.04. The minimum Gasteiger partial charge on any atom is -0.396 e. The number of aromatic nitrogens is 3. The molecule has 1 fully saturated rings. The predicted molar refractivity (Wildman–Crippen MR) is 80.0 cm³/mol. The van der Waals surface area contributed by atoms with Crippen molar-refractivity contribution < 1.29 is 4.79 Å². The molecule has 0 bridgehead atoms. The van der Waals surface area contributed by atoms with Gasteiger partial charge in [0.1, 0.15) is 5.69 Å². The number of piperazine rings is 1. The van der Waals surface area contributed by atoms with Crippen LogP contribution < -0.4 is 10.6 Å². The van der Waals surface area contributed by atoms with Crippen LogP contribution in [0.15, 0.2) is 30.6 Å². The van der Waals surface area contributed by atoms with Gasteiger partial charge in [0, 0.05) is 45.6 Å². The number of pyridine rings is 1. The van der Waals surface area contributed by atoms with Crippen molar-refractivity contribution in [3.05, 3.63) is 36.3 Å². The molecule has 110 valence electrons. The Balaban J connectivity index is 1.67. The van der Waals surface area contributed by atoms with Crippen LogP contribution in [0, 0.1) is 0 Å². The monoisotopic (exact) mass is 286 g/mol. The third kappa shape index (κ3) is 2.54. The van der Waals surface area contributed by atoms with Crippen molar-refractivity contribution in [3.63, 3.8) is 0 Å². The van der Waals surface area contributed by atoms with Gasteiger partial charge in [-0.2, -0.15) is 5.10 Å². The van der Waals surface area contributed by atoms with Crippen LogP contribution in [0.2, 0.25) is 0 Å². The predicted octanol–water partition coefficient (Wildman–Crippen LogP) is 0.360. The molecular weight excluding hydrogens is 268 g/mol. The molecule has 2 N–H and O–H groups in total. The van der Waals surface area contributed by atoms with E-state index < -0.39 is 0 Å². The standard InChI is InChI=1S/C14H18N6O/c1-18-12(4-6-17-18)14(21)20-9-7-19(8-10-20)13-11(15)3-2-5-16-13/h2-6H,7-10,15H2,1H3. The van der Waals surface area contributed by atoms with Crippen molar-refractivity contribution in [3.8, 4) is 0 Å². The van der Waals surface area contributed by atoms with Gasteiger partial charge in [-0.05, 0) is 18.2 Å². The molecule has 1 saturated heterocycles. The molecule has 1 aliphatic heterocycles. The van der Waals surface area contributed by atoms with E-state index in [-0.39, 0.29) is 5.91 Å². The third-order valence-electron chi connectivity index (χ3n) is 3.72. The smallest absolute Gasteiger partial charge is 0.272 e. The third-order valence-corrected chi connectivity index (χ3v) is 3.72. The zero-order valence-corrected chi connectivity index (χ0v) is 11.9. The van der Waals surface area contributed by atoms with Gasteiger partial charge >= 0.3 is 0 Å². The van der Waals surface area contributed by atoms with E-state index in [4.69, 9.17) is 5.73 Å². The summed E-state index contributed by atoms with van der Waals surface area (Å²) >= 11 is 0. The molecule has 0 atom stereocenters. The van der Waals surface area contributed by atoms with Crippen LogP contribution in [0.25, 0.3) is 0 Å². The summed E-state index contributed by atoms with van der Waals surface area (Å²) in [6.07, 6.45) is 3.37. The minimum atomic E-state index is 0.0173. The van der Waals surface area contributed by atoms with E-state index in [9.17, 15) is 4.79 Å². The summed E-state index contributed by atoms with van der Waals surface area (Å²) in [7, 11) is 1.78. The van der Waals surface area contributed by atoms with Crippen molar-refractivity contribution in [1.29, 1.82) is 0 Å². The molecule has 7 nitrogen and oxygen atoms in total. The largest absolute Gasteiger partial charge is 0.396 e. The van der Waals surface area contributed by atoms with Crippen molar-refractivity contribution in [2.75, 3.05) is 36.8 Å². The van der Waals surface area contributed by atoms with Crippen molar-refractivity contribution in [1.82, 2.24) is 19.7 Å². The fourth-order valence-corrected chi connectivity index (χ4v) is 2.54. The van der Waals surface area contributed by atoms with E-state index in [0.29, 0.717) is 24.5 Å². The highest BCUT2D eigenvalue weighted by atomic mass is 16.2. The zero-order valence-electron chi connectivity index (χ0n) is 11.9. The maximum absolute atomic E-state index is 12.4. The number of hydrogen-bond acceptors (Lipinski definition) is 5. The molecule has 0 saturated carbocycles. The first kappa shape index (κ1) is 13.4. The molecule has 2 aromatic heterocycles. The first-order chi connectivity index (χ1) is 10.2. The van der Waals surface area contributed by atoms with E-state index in [2.05, 4.69) is 15.0 Å². The van der Waals surface area contributed by atoms with E-state index in [1.165, 1.54) is 0 Å². The lowest BCUT2D eigenvalue weighted by Gasteiger charge is -2.35. The molecule has 21 heavy (non-hydrogen) atoms. The van der Waals surface area contributed by atoms with Gasteiger partial charge < -0.3 is 15.5 Å². The number of amides is 1. The Morgan fingerprint density at radius 1 is 1.19 bits per heavy atom. The van der Waals surface area contributed by atoms with Crippen LogP contribution in [-0.4, -0.2) is 51.8 Å². The molecular formula is C14H18N6O. The second-order valence-electron chi connectivity index (χ2n) is 5.04. The van der Waals surface area contributed by atoms with Crippen molar-refractivity contribution in [2.45, 2.75) is 0 Å². The number of nitrogens with two attached hydrogens (primary N) is 1.